The van der Waals surface area contributed by atoms with Crippen LogP contribution in [0.15, 0.2) is 30.6 Å². The van der Waals surface area contributed by atoms with Crippen molar-refractivity contribution in [1.82, 2.24) is 25.5 Å². The molecule has 0 bridgehead atoms. The zero-order valence-electron chi connectivity index (χ0n) is 20.2. The van der Waals surface area contributed by atoms with E-state index in [0.717, 1.165) is 64.5 Å². The highest BCUT2D eigenvalue weighted by atomic mass is 19.1. The molecule has 6 rings (SSSR count). The summed E-state index contributed by atoms with van der Waals surface area (Å²) in [5.74, 6) is -0.755. The lowest BCUT2D eigenvalue weighted by atomic mass is 9.78. The third kappa shape index (κ3) is 4.89. The van der Waals surface area contributed by atoms with Gasteiger partial charge < -0.3 is 9.47 Å². The molecule has 7 nitrogen and oxygen atoms in total. The number of nitrogens with zero attached hydrogens (tertiary/aromatic N) is 3. The molecule has 1 aliphatic carbocycles. The second kappa shape index (κ2) is 9.86. The van der Waals surface area contributed by atoms with E-state index in [0.29, 0.717) is 29.6 Å². The molecule has 4 aliphatic rings. The maximum atomic E-state index is 13.7. The number of hydrogen-bond acceptors (Lipinski definition) is 6. The SMILES string of the molecule is C[C@@H](OC1CCC2NNC(c3cnn(C4CCN(C5COC5)CC4)c3)C2C1)c1cc(F)cc(F)c1. The Morgan fingerprint density at radius 2 is 1.80 bits per heavy atom. The molecule has 3 saturated heterocycles. The number of nitrogens with one attached hydrogen (secondary N) is 2. The van der Waals surface area contributed by atoms with Crippen LogP contribution in [0.25, 0.3) is 0 Å². The van der Waals surface area contributed by atoms with Crippen molar-refractivity contribution in [3.8, 4) is 0 Å². The first-order chi connectivity index (χ1) is 17.0. The van der Waals surface area contributed by atoms with E-state index >= 15 is 0 Å². The van der Waals surface area contributed by atoms with Crippen LogP contribution in [0.2, 0.25) is 0 Å². The second-order valence-corrected chi connectivity index (χ2v) is 10.7. The first-order valence-corrected chi connectivity index (χ1v) is 13.0. The van der Waals surface area contributed by atoms with Gasteiger partial charge in [-0.1, -0.05) is 0 Å². The number of halogens is 2. The highest BCUT2D eigenvalue weighted by Gasteiger charge is 2.42. The predicted octanol–water partition coefficient (Wildman–Crippen LogP) is 3.66. The number of piperidine rings is 1. The highest BCUT2D eigenvalue weighted by Crippen LogP contribution is 2.40. The van der Waals surface area contributed by atoms with E-state index in [2.05, 4.69) is 26.6 Å². The van der Waals surface area contributed by atoms with Gasteiger partial charge in [0.05, 0.1) is 49.7 Å². The average Bonchev–Trinajstić information content (AvgIpc) is 3.45. The van der Waals surface area contributed by atoms with Crippen molar-refractivity contribution in [2.75, 3.05) is 26.3 Å². The van der Waals surface area contributed by atoms with E-state index in [1.54, 1.807) is 0 Å². The third-order valence-electron chi connectivity index (χ3n) is 8.45. The van der Waals surface area contributed by atoms with Gasteiger partial charge in [0.1, 0.15) is 11.6 Å². The van der Waals surface area contributed by atoms with Crippen LogP contribution in [-0.4, -0.2) is 59.2 Å². The fraction of sp³-hybridized carbons (Fsp3) is 0.654. The number of benzene rings is 1. The number of likely N-dealkylation sites (tertiary alicyclic amines) is 1. The molecule has 0 amide bonds. The molecule has 0 radical (unpaired) electrons. The molecule has 1 aromatic heterocycles. The van der Waals surface area contributed by atoms with Gasteiger partial charge in [-0.2, -0.15) is 5.10 Å². The maximum absolute atomic E-state index is 13.7. The Kier molecular flexibility index (Phi) is 6.62. The molecule has 1 saturated carbocycles. The van der Waals surface area contributed by atoms with Crippen LogP contribution in [0.3, 0.4) is 0 Å². The summed E-state index contributed by atoms with van der Waals surface area (Å²) in [5.41, 5.74) is 8.75. The smallest absolute Gasteiger partial charge is 0.126 e. The van der Waals surface area contributed by atoms with Crippen LogP contribution in [0.1, 0.15) is 68.3 Å². The Hall–Kier alpha value is -1.91. The topological polar surface area (TPSA) is 63.6 Å². The molecular formula is C26H35F2N5O2. The van der Waals surface area contributed by atoms with Crippen LogP contribution in [0, 0.1) is 17.6 Å². The average molecular weight is 488 g/mol. The minimum absolute atomic E-state index is 0.0524. The Morgan fingerprint density at radius 1 is 1.03 bits per heavy atom. The Balaban J connectivity index is 1.08. The minimum atomic E-state index is -0.567. The zero-order chi connectivity index (χ0) is 23.9. The zero-order valence-corrected chi connectivity index (χ0v) is 20.2. The lowest BCUT2D eigenvalue weighted by Gasteiger charge is -2.41. The van der Waals surface area contributed by atoms with Gasteiger partial charge in [0.15, 0.2) is 0 Å². The minimum Gasteiger partial charge on any atom is -0.378 e. The van der Waals surface area contributed by atoms with E-state index < -0.39 is 11.6 Å². The summed E-state index contributed by atoms with van der Waals surface area (Å²) in [4.78, 5) is 2.55. The van der Waals surface area contributed by atoms with Crippen LogP contribution in [0.4, 0.5) is 8.78 Å². The molecule has 2 N–H and O–H groups in total. The van der Waals surface area contributed by atoms with Gasteiger partial charge in [0.2, 0.25) is 0 Å². The van der Waals surface area contributed by atoms with Crippen LogP contribution >= 0.6 is 0 Å². The molecule has 2 aromatic rings. The molecule has 190 valence electrons. The van der Waals surface area contributed by atoms with Crippen molar-refractivity contribution >= 4 is 0 Å². The Labute approximate surface area is 205 Å². The first kappa shape index (κ1) is 23.5. The Morgan fingerprint density at radius 3 is 2.51 bits per heavy atom. The van der Waals surface area contributed by atoms with Gasteiger partial charge in [-0.15, -0.1) is 0 Å². The van der Waals surface area contributed by atoms with Crippen molar-refractivity contribution in [3.63, 3.8) is 0 Å². The van der Waals surface area contributed by atoms with Gasteiger partial charge in [0, 0.05) is 37.0 Å². The lowest BCUT2D eigenvalue weighted by molar-refractivity contribution is -0.0734. The monoisotopic (exact) mass is 487 g/mol. The van der Waals surface area contributed by atoms with E-state index in [9.17, 15) is 8.78 Å². The molecule has 3 aliphatic heterocycles. The van der Waals surface area contributed by atoms with E-state index in [1.807, 2.05) is 13.1 Å². The lowest BCUT2D eigenvalue weighted by Crippen LogP contribution is -2.51. The third-order valence-corrected chi connectivity index (χ3v) is 8.45. The molecule has 0 spiro atoms. The largest absolute Gasteiger partial charge is 0.378 e. The van der Waals surface area contributed by atoms with Gasteiger partial charge in [-0.05, 0) is 62.6 Å². The molecule has 4 fully saturated rings. The van der Waals surface area contributed by atoms with Crippen molar-refractivity contribution in [3.05, 3.63) is 53.4 Å². The van der Waals surface area contributed by atoms with Crippen LogP contribution < -0.4 is 10.9 Å². The predicted molar refractivity (Wildman–Crippen MR) is 126 cm³/mol. The number of fused-ring (bicyclic) bond motifs is 1. The highest BCUT2D eigenvalue weighted by molar-refractivity contribution is 5.20. The van der Waals surface area contributed by atoms with E-state index in [-0.39, 0.29) is 18.2 Å². The summed E-state index contributed by atoms with van der Waals surface area (Å²) in [6.45, 7) is 5.84. The maximum Gasteiger partial charge on any atom is 0.126 e. The summed E-state index contributed by atoms with van der Waals surface area (Å²) in [6, 6.07) is 5.24. The standard InChI is InChI=1S/C26H35F2N5O2/c1-16(17-8-19(27)10-20(28)9-17)35-23-2-3-25-24(11-23)26(31-30-25)18-12-29-33(13-18)21-4-6-32(7-5-21)22-14-34-15-22/h8-10,12-13,16,21-26,30-31H,2-7,11,14-15H2,1H3/t16-,23?,24?,25?,26?/m1/s1. The quantitative estimate of drug-likeness (QED) is 0.649. The fourth-order valence-electron chi connectivity index (χ4n) is 6.31. The van der Waals surface area contributed by atoms with E-state index in [1.165, 1.54) is 17.7 Å². The van der Waals surface area contributed by atoms with E-state index in [4.69, 9.17) is 14.6 Å². The molecule has 9 heteroatoms. The fourth-order valence-corrected chi connectivity index (χ4v) is 6.31. The molecule has 5 atom stereocenters. The first-order valence-electron chi connectivity index (χ1n) is 13.0. The van der Waals surface area contributed by atoms with Gasteiger partial charge >= 0.3 is 0 Å². The van der Waals surface area contributed by atoms with Crippen molar-refractivity contribution in [2.24, 2.45) is 5.92 Å². The van der Waals surface area contributed by atoms with Gasteiger partial charge in [-0.25, -0.2) is 14.2 Å². The normalized spacial score (nSPS) is 31.3. The number of aromatic nitrogens is 2. The number of rotatable bonds is 6. The molecule has 1 aromatic carbocycles. The summed E-state index contributed by atoms with van der Waals surface area (Å²) >= 11 is 0. The Bertz CT molecular complexity index is 1000. The molecule has 35 heavy (non-hydrogen) atoms. The summed E-state index contributed by atoms with van der Waals surface area (Å²) in [5, 5.41) is 4.75. The summed E-state index contributed by atoms with van der Waals surface area (Å²) < 4.78 is 41.1. The van der Waals surface area contributed by atoms with Gasteiger partial charge in [0.25, 0.3) is 0 Å². The van der Waals surface area contributed by atoms with Crippen LogP contribution in [0.5, 0.6) is 0 Å². The van der Waals surface area contributed by atoms with Crippen molar-refractivity contribution in [1.29, 1.82) is 0 Å². The van der Waals surface area contributed by atoms with Crippen molar-refractivity contribution < 1.29 is 18.3 Å². The number of ether oxygens (including phenoxy) is 2. The summed E-state index contributed by atoms with van der Waals surface area (Å²) in [7, 11) is 0. The number of hydrogen-bond donors (Lipinski definition) is 2. The molecular weight excluding hydrogens is 452 g/mol. The summed E-state index contributed by atoms with van der Waals surface area (Å²) in [6.07, 6.45) is 8.98. The molecule has 4 heterocycles. The van der Waals surface area contributed by atoms with Crippen molar-refractivity contribution in [2.45, 2.75) is 75.4 Å². The van der Waals surface area contributed by atoms with Crippen LogP contribution in [-0.2, 0) is 9.47 Å². The van der Waals surface area contributed by atoms with Gasteiger partial charge in [-0.3, -0.25) is 15.0 Å². The number of hydrazine groups is 1. The second-order valence-electron chi connectivity index (χ2n) is 10.7. The molecule has 4 unspecified atom stereocenters.